The van der Waals surface area contributed by atoms with Gasteiger partial charge in [0.15, 0.2) is 12.0 Å². The van der Waals surface area contributed by atoms with Crippen molar-refractivity contribution in [2.45, 2.75) is 110 Å². The zero-order valence-corrected chi connectivity index (χ0v) is 23.0. The summed E-state index contributed by atoms with van der Waals surface area (Å²) in [6, 6.07) is 7.70. The Morgan fingerprint density at radius 1 is 1.05 bits per heavy atom. The van der Waals surface area contributed by atoms with Gasteiger partial charge in [0.2, 0.25) is 0 Å². The van der Waals surface area contributed by atoms with E-state index in [0.717, 1.165) is 43.2 Å². The highest BCUT2D eigenvalue weighted by molar-refractivity contribution is 5.74. The molecule has 0 amide bonds. The molecule has 38 heavy (non-hydrogen) atoms. The molecule has 0 radical (unpaired) electrons. The quantitative estimate of drug-likeness (QED) is 0.177. The van der Waals surface area contributed by atoms with E-state index in [1.54, 1.807) is 6.07 Å². The summed E-state index contributed by atoms with van der Waals surface area (Å²) in [5.41, 5.74) is 2.38. The van der Waals surface area contributed by atoms with Crippen LogP contribution in [0.5, 0.6) is 5.75 Å². The maximum absolute atomic E-state index is 13.9. The van der Waals surface area contributed by atoms with Gasteiger partial charge in [0, 0.05) is 18.0 Å². The first-order valence-corrected chi connectivity index (χ1v) is 14.4. The molecule has 7 heteroatoms. The Morgan fingerprint density at radius 2 is 1.76 bits per heavy atom. The Balaban J connectivity index is 1.46. The number of nitriles is 1. The Kier molecular flexibility index (Phi) is 12.5. The maximum atomic E-state index is 13.9. The number of hydrogen-bond acceptors (Lipinski definition) is 6. The van der Waals surface area contributed by atoms with Crippen LogP contribution in [0.15, 0.2) is 30.6 Å². The number of unbranched alkanes of at least 4 members (excludes halogenated alkanes) is 5. The third kappa shape index (κ3) is 9.38. The van der Waals surface area contributed by atoms with Crippen LogP contribution < -0.4 is 4.74 Å². The van der Waals surface area contributed by atoms with E-state index in [2.05, 4.69) is 23.0 Å². The summed E-state index contributed by atoms with van der Waals surface area (Å²) in [6.45, 7) is 4.68. The topological polar surface area (TPSA) is 85.1 Å². The van der Waals surface area contributed by atoms with Gasteiger partial charge in [-0.3, -0.25) is 0 Å². The molecule has 1 atom stereocenters. The molecule has 1 aliphatic carbocycles. The zero-order chi connectivity index (χ0) is 27.2. The average molecular weight is 524 g/mol. The predicted molar refractivity (Wildman–Crippen MR) is 146 cm³/mol. The summed E-state index contributed by atoms with van der Waals surface area (Å²) in [7, 11) is 0. The summed E-state index contributed by atoms with van der Waals surface area (Å²) in [4.78, 5) is 21.0. The lowest BCUT2D eigenvalue weighted by Gasteiger charge is -2.28. The number of carbonyl (C=O) groups excluding carboxylic acids is 1. The van der Waals surface area contributed by atoms with Crippen LogP contribution in [-0.4, -0.2) is 34.8 Å². The first-order chi connectivity index (χ1) is 18.5. The molecule has 0 bridgehead atoms. The summed E-state index contributed by atoms with van der Waals surface area (Å²) < 4.78 is 25.3. The van der Waals surface area contributed by atoms with Crippen LogP contribution in [0.3, 0.4) is 0 Å². The van der Waals surface area contributed by atoms with Crippen LogP contribution in [0.25, 0.3) is 11.4 Å². The molecule has 0 unspecified atom stereocenters. The normalized spacial score (nSPS) is 17.9. The highest BCUT2D eigenvalue weighted by atomic mass is 19.1. The van der Waals surface area contributed by atoms with Crippen molar-refractivity contribution in [3.05, 3.63) is 41.7 Å². The van der Waals surface area contributed by atoms with Gasteiger partial charge in [-0.1, -0.05) is 52.4 Å². The second-order valence-electron chi connectivity index (χ2n) is 10.4. The summed E-state index contributed by atoms with van der Waals surface area (Å²) in [5, 5.41) is 9.70. The SMILES string of the molecule is CCCCCCCc1cnc(-c2ccc(OC[C@H]3CC[C@H](OC(=O)[C@@H](F)CCCC)CC3)c(C#N)c2)nc1. The van der Waals surface area contributed by atoms with Crippen LogP contribution in [0.4, 0.5) is 4.39 Å². The fraction of sp³-hybridized carbons (Fsp3) is 0.613. The van der Waals surface area contributed by atoms with Gasteiger partial charge in [0.1, 0.15) is 17.9 Å². The van der Waals surface area contributed by atoms with E-state index in [1.807, 2.05) is 31.5 Å². The molecule has 206 valence electrons. The van der Waals surface area contributed by atoms with Crippen molar-refractivity contribution in [1.82, 2.24) is 9.97 Å². The summed E-state index contributed by atoms with van der Waals surface area (Å²) in [5.74, 6) is 0.721. The Morgan fingerprint density at radius 3 is 2.45 bits per heavy atom. The molecule has 3 rings (SSSR count). The Labute approximate surface area is 227 Å². The maximum Gasteiger partial charge on any atom is 0.340 e. The Hall–Kier alpha value is -3.01. The fourth-order valence-corrected chi connectivity index (χ4v) is 4.81. The van der Waals surface area contributed by atoms with Gasteiger partial charge >= 0.3 is 5.97 Å². The lowest BCUT2D eigenvalue weighted by atomic mass is 9.88. The van der Waals surface area contributed by atoms with Crippen LogP contribution >= 0.6 is 0 Å². The molecule has 1 aromatic heterocycles. The molecule has 2 aromatic rings. The van der Waals surface area contributed by atoms with Gasteiger partial charge in [-0.25, -0.2) is 19.2 Å². The van der Waals surface area contributed by atoms with Gasteiger partial charge in [0.25, 0.3) is 0 Å². The summed E-state index contributed by atoms with van der Waals surface area (Å²) >= 11 is 0. The smallest absolute Gasteiger partial charge is 0.340 e. The molecule has 0 N–H and O–H groups in total. The van der Waals surface area contributed by atoms with E-state index in [9.17, 15) is 14.4 Å². The molecule has 0 spiro atoms. The molecule has 1 aromatic carbocycles. The predicted octanol–water partition coefficient (Wildman–Crippen LogP) is 7.54. The number of benzene rings is 1. The van der Waals surface area contributed by atoms with Crippen molar-refractivity contribution in [3.8, 4) is 23.2 Å². The van der Waals surface area contributed by atoms with Crippen molar-refractivity contribution in [2.24, 2.45) is 5.92 Å². The number of aromatic nitrogens is 2. The first kappa shape index (κ1) is 29.5. The molecule has 1 heterocycles. The minimum Gasteiger partial charge on any atom is -0.492 e. The average Bonchev–Trinajstić information content (AvgIpc) is 2.95. The van der Waals surface area contributed by atoms with Gasteiger partial charge in [0.05, 0.1) is 12.2 Å². The van der Waals surface area contributed by atoms with Gasteiger partial charge in [-0.2, -0.15) is 5.26 Å². The third-order valence-electron chi connectivity index (χ3n) is 7.25. The second kappa shape index (κ2) is 16.1. The Bertz CT molecular complexity index is 1030. The number of esters is 1. The monoisotopic (exact) mass is 523 g/mol. The van der Waals surface area contributed by atoms with Gasteiger partial charge in [-0.05, 0) is 74.6 Å². The molecular weight excluding hydrogens is 481 g/mol. The third-order valence-corrected chi connectivity index (χ3v) is 7.25. The molecule has 0 saturated heterocycles. The molecule has 0 aliphatic heterocycles. The molecular formula is C31H42FN3O3. The van der Waals surface area contributed by atoms with Gasteiger partial charge < -0.3 is 9.47 Å². The van der Waals surface area contributed by atoms with Crippen LogP contribution in [-0.2, 0) is 16.0 Å². The number of halogens is 1. The van der Waals surface area contributed by atoms with E-state index in [-0.39, 0.29) is 12.5 Å². The summed E-state index contributed by atoms with van der Waals surface area (Å²) in [6.07, 6.45) is 14.0. The first-order valence-electron chi connectivity index (χ1n) is 14.4. The zero-order valence-electron chi connectivity index (χ0n) is 23.0. The van der Waals surface area contributed by atoms with Gasteiger partial charge in [-0.15, -0.1) is 0 Å². The lowest BCUT2D eigenvalue weighted by molar-refractivity contribution is -0.157. The number of ether oxygens (including phenoxy) is 2. The highest BCUT2D eigenvalue weighted by Crippen LogP contribution is 2.30. The number of carbonyl (C=O) groups is 1. The van der Waals surface area contributed by atoms with E-state index in [0.29, 0.717) is 48.9 Å². The minimum absolute atomic E-state index is 0.222. The number of alkyl halides is 1. The number of rotatable bonds is 15. The van der Waals surface area contributed by atoms with Crippen molar-refractivity contribution >= 4 is 5.97 Å². The molecule has 1 saturated carbocycles. The number of nitrogens with zero attached hydrogens (tertiary/aromatic N) is 3. The van der Waals surface area contributed by atoms with E-state index < -0.39 is 12.1 Å². The fourth-order valence-electron chi connectivity index (χ4n) is 4.81. The van der Waals surface area contributed by atoms with Crippen molar-refractivity contribution in [2.75, 3.05) is 6.61 Å². The van der Waals surface area contributed by atoms with Crippen molar-refractivity contribution in [1.29, 1.82) is 5.26 Å². The van der Waals surface area contributed by atoms with E-state index in [4.69, 9.17) is 9.47 Å². The molecule has 6 nitrogen and oxygen atoms in total. The van der Waals surface area contributed by atoms with E-state index >= 15 is 0 Å². The van der Waals surface area contributed by atoms with Crippen molar-refractivity contribution < 1.29 is 18.7 Å². The van der Waals surface area contributed by atoms with Crippen LogP contribution in [0, 0.1) is 17.2 Å². The lowest BCUT2D eigenvalue weighted by Crippen LogP contribution is -2.30. The second-order valence-corrected chi connectivity index (χ2v) is 10.4. The molecule has 1 fully saturated rings. The number of aryl methyl sites for hydroxylation is 1. The highest BCUT2D eigenvalue weighted by Gasteiger charge is 2.27. The van der Waals surface area contributed by atoms with Crippen LogP contribution in [0.1, 0.15) is 102 Å². The van der Waals surface area contributed by atoms with Crippen molar-refractivity contribution in [3.63, 3.8) is 0 Å². The largest absolute Gasteiger partial charge is 0.492 e. The van der Waals surface area contributed by atoms with E-state index in [1.165, 1.54) is 25.7 Å². The van der Waals surface area contributed by atoms with Crippen LogP contribution in [0.2, 0.25) is 0 Å². The standard InChI is InChI=1S/C31H42FN3O3/c1-3-5-7-8-9-10-24-20-34-30(35-21-24)25-14-17-29(26(18-25)19-33)37-22-23-12-15-27(16-13-23)38-31(36)28(32)11-6-4-2/h14,17-18,20-21,23,27-28H,3-13,15-16,22H2,1-2H3/t23-,27-,28-/m0/s1. The minimum atomic E-state index is -1.52. The molecule has 1 aliphatic rings. The number of hydrogen-bond donors (Lipinski definition) is 0.